The molecular formula is C37H45FN6O5Si. The molecule has 1 saturated carbocycles. The number of aromatic nitrogens is 4. The summed E-state index contributed by atoms with van der Waals surface area (Å²) < 4.78 is 32.9. The van der Waals surface area contributed by atoms with Crippen LogP contribution in [0.4, 0.5) is 10.1 Å². The van der Waals surface area contributed by atoms with Gasteiger partial charge in [-0.05, 0) is 67.2 Å². The minimum absolute atomic E-state index is 0.00798. The Morgan fingerprint density at radius 3 is 2.56 bits per heavy atom. The molecule has 2 unspecified atom stereocenters. The molecule has 50 heavy (non-hydrogen) atoms. The Balaban J connectivity index is 1.25. The third-order valence-electron chi connectivity index (χ3n) is 9.69. The van der Waals surface area contributed by atoms with Gasteiger partial charge in [-0.3, -0.25) is 9.59 Å². The summed E-state index contributed by atoms with van der Waals surface area (Å²) in [6.07, 6.45) is 3.05. The van der Waals surface area contributed by atoms with E-state index in [1.807, 2.05) is 56.6 Å². The van der Waals surface area contributed by atoms with Crippen molar-refractivity contribution in [3.63, 3.8) is 0 Å². The number of halogens is 1. The van der Waals surface area contributed by atoms with Crippen LogP contribution in [0.25, 0.3) is 11.1 Å². The Kier molecular flexibility index (Phi) is 9.91. The molecular weight excluding hydrogens is 656 g/mol. The van der Waals surface area contributed by atoms with Gasteiger partial charge in [-0.15, -0.1) is 0 Å². The van der Waals surface area contributed by atoms with Crippen LogP contribution in [0.15, 0.2) is 52.1 Å². The number of anilines is 1. The number of hydrogen-bond acceptors (Lipinski definition) is 8. The van der Waals surface area contributed by atoms with Gasteiger partial charge < -0.3 is 14.8 Å². The molecule has 4 aromatic rings. The van der Waals surface area contributed by atoms with Gasteiger partial charge in [0, 0.05) is 61.2 Å². The standard InChI is InChI=1S/C37H45FN6O5Si/c1-22(2)33-34(43-49-42-33)36(46)39-19-29(32-28-13-10-26(38)18-30(28)48-20-37(32)14-15-37)35(45)40-27-11-8-25(9-12-27)31-23(3)41-44(24(31)4)21-47-16-17-50(5,6)7/h8-13,18-19,22,29,32H,14-17,20-21H2,1-7H3,(H,40,45)/b39-19-. The van der Waals surface area contributed by atoms with Gasteiger partial charge in [0.05, 0.1) is 18.2 Å². The van der Waals surface area contributed by atoms with Crippen LogP contribution in [0.1, 0.15) is 71.7 Å². The summed E-state index contributed by atoms with van der Waals surface area (Å²) in [7, 11) is -1.19. The maximum Gasteiger partial charge on any atom is 0.300 e. The average Bonchev–Trinajstić information content (AvgIpc) is 3.52. The summed E-state index contributed by atoms with van der Waals surface area (Å²) in [6, 6.07) is 13.1. The molecule has 3 heterocycles. The largest absolute Gasteiger partial charge is 0.493 e. The topological polar surface area (TPSA) is 134 Å². The van der Waals surface area contributed by atoms with E-state index in [-0.39, 0.29) is 22.9 Å². The summed E-state index contributed by atoms with van der Waals surface area (Å²) in [5, 5.41) is 15.4. The number of carbonyl (C=O) groups is 2. The van der Waals surface area contributed by atoms with Crippen molar-refractivity contribution in [3.8, 4) is 16.9 Å². The SMILES string of the molecule is Cc1nn(COCC[Si](C)(C)C)c(C)c1-c1ccc(NC(=O)C(/C=N\C(=O)c2nonc2C(C)C)C2c3ccc(F)cc3OCC23CC3)cc1. The van der Waals surface area contributed by atoms with Crippen LogP contribution < -0.4 is 10.1 Å². The number of benzene rings is 2. The maximum absolute atomic E-state index is 14.2. The lowest BCUT2D eigenvalue weighted by Gasteiger charge is -2.37. The molecule has 1 fully saturated rings. The van der Waals surface area contributed by atoms with E-state index in [4.69, 9.17) is 19.2 Å². The highest BCUT2D eigenvalue weighted by Crippen LogP contribution is 2.62. The average molecular weight is 701 g/mol. The normalized spacial score (nSPS) is 17.2. The fraction of sp³-hybridized carbons (Fsp3) is 0.459. The Morgan fingerprint density at radius 2 is 1.88 bits per heavy atom. The summed E-state index contributed by atoms with van der Waals surface area (Å²) in [5.74, 6) is -2.41. The van der Waals surface area contributed by atoms with Crippen LogP contribution in [0.5, 0.6) is 5.75 Å². The van der Waals surface area contributed by atoms with Crippen LogP contribution in [0.3, 0.4) is 0 Å². The summed E-state index contributed by atoms with van der Waals surface area (Å²) in [6.45, 7) is 16.2. The predicted molar refractivity (Wildman–Crippen MR) is 191 cm³/mol. The minimum Gasteiger partial charge on any atom is -0.493 e. The van der Waals surface area contributed by atoms with Crippen molar-refractivity contribution in [3.05, 3.63) is 76.6 Å². The van der Waals surface area contributed by atoms with E-state index in [2.05, 4.69) is 40.3 Å². The van der Waals surface area contributed by atoms with Gasteiger partial charge in [0.2, 0.25) is 5.91 Å². The van der Waals surface area contributed by atoms with Crippen molar-refractivity contribution in [2.75, 3.05) is 18.5 Å². The Bertz CT molecular complexity index is 1910. The van der Waals surface area contributed by atoms with E-state index in [9.17, 15) is 14.0 Å². The molecule has 264 valence electrons. The van der Waals surface area contributed by atoms with E-state index >= 15 is 0 Å². The van der Waals surface area contributed by atoms with Crippen LogP contribution in [-0.2, 0) is 16.3 Å². The van der Waals surface area contributed by atoms with Crippen LogP contribution in [0.2, 0.25) is 25.7 Å². The van der Waals surface area contributed by atoms with E-state index < -0.39 is 31.6 Å². The number of aliphatic imine (C=N–C) groups is 1. The molecule has 11 nitrogen and oxygen atoms in total. The number of amides is 2. The number of rotatable bonds is 12. The van der Waals surface area contributed by atoms with Crippen molar-refractivity contribution in [1.29, 1.82) is 0 Å². The first-order valence-electron chi connectivity index (χ1n) is 17.1. The molecule has 6 rings (SSSR count). The van der Waals surface area contributed by atoms with E-state index in [1.165, 1.54) is 18.3 Å². The third kappa shape index (κ3) is 7.48. The first-order chi connectivity index (χ1) is 23.8. The minimum atomic E-state index is -1.19. The molecule has 2 aromatic carbocycles. The highest BCUT2D eigenvalue weighted by atomic mass is 28.3. The molecule has 1 N–H and O–H groups in total. The van der Waals surface area contributed by atoms with Gasteiger partial charge in [0.15, 0.2) is 5.69 Å². The van der Waals surface area contributed by atoms with Crippen molar-refractivity contribution >= 4 is 31.8 Å². The molecule has 2 aliphatic rings. The van der Waals surface area contributed by atoms with Gasteiger partial charge in [-0.25, -0.2) is 18.7 Å². The van der Waals surface area contributed by atoms with Crippen molar-refractivity contribution in [2.45, 2.75) is 84.8 Å². The molecule has 1 spiro atoms. The van der Waals surface area contributed by atoms with Crippen molar-refractivity contribution in [1.82, 2.24) is 20.1 Å². The zero-order valence-corrected chi connectivity index (χ0v) is 30.7. The fourth-order valence-corrected chi connectivity index (χ4v) is 7.43. The van der Waals surface area contributed by atoms with E-state index in [0.29, 0.717) is 42.6 Å². The molecule has 13 heteroatoms. The molecule has 0 bridgehead atoms. The maximum atomic E-state index is 14.2. The number of carbonyl (C=O) groups excluding carboxylic acids is 2. The monoisotopic (exact) mass is 700 g/mol. The Hall–Kier alpha value is -4.49. The van der Waals surface area contributed by atoms with Crippen molar-refractivity contribution < 1.29 is 28.1 Å². The van der Waals surface area contributed by atoms with E-state index in [1.54, 1.807) is 6.07 Å². The summed E-state index contributed by atoms with van der Waals surface area (Å²) >= 11 is 0. The number of nitrogens with one attached hydrogen (secondary N) is 1. The highest BCUT2D eigenvalue weighted by Gasteiger charge is 2.57. The smallest absolute Gasteiger partial charge is 0.300 e. The quantitative estimate of drug-likeness (QED) is 0.0910. The summed E-state index contributed by atoms with van der Waals surface area (Å²) in [4.78, 5) is 31.7. The summed E-state index contributed by atoms with van der Waals surface area (Å²) in [5.41, 5.74) is 5.24. The van der Waals surface area contributed by atoms with Gasteiger partial charge in [0.25, 0.3) is 0 Å². The van der Waals surface area contributed by atoms with Gasteiger partial charge >= 0.3 is 5.91 Å². The molecule has 2 amide bonds. The second kappa shape index (κ2) is 14.0. The van der Waals surface area contributed by atoms with Gasteiger partial charge in [0.1, 0.15) is 24.0 Å². The zero-order chi connectivity index (χ0) is 35.8. The second-order valence-electron chi connectivity index (χ2n) is 15.0. The highest BCUT2D eigenvalue weighted by molar-refractivity contribution is 6.76. The molecule has 0 saturated heterocycles. The molecule has 0 radical (unpaired) electrons. The lowest BCUT2D eigenvalue weighted by Crippen LogP contribution is -2.39. The molecule has 1 aliphatic heterocycles. The predicted octanol–water partition coefficient (Wildman–Crippen LogP) is 7.55. The molecule has 2 atom stereocenters. The van der Waals surface area contributed by atoms with Gasteiger partial charge in [-0.2, -0.15) is 5.10 Å². The first-order valence-corrected chi connectivity index (χ1v) is 20.8. The number of aryl methyl sites for hydroxylation is 1. The van der Waals surface area contributed by atoms with Crippen LogP contribution in [-0.4, -0.2) is 59.4 Å². The third-order valence-corrected chi connectivity index (χ3v) is 11.4. The number of nitrogens with zero attached hydrogens (tertiary/aromatic N) is 5. The van der Waals surface area contributed by atoms with E-state index in [0.717, 1.165) is 41.4 Å². The number of ether oxygens (including phenoxy) is 2. The zero-order valence-electron chi connectivity index (χ0n) is 29.7. The number of fused-ring (bicyclic) bond motifs is 1. The van der Waals surface area contributed by atoms with Crippen molar-refractivity contribution in [2.24, 2.45) is 16.3 Å². The second-order valence-corrected chi connectivity index (χ2v) is 20.7. The molecule has 2 aromatic heterocycles. The molecule has 1 aliphatic carbocycles. The van der Waals surface area contributed by atoms with Crippen LogP contribution in [0, 0.1) is 31.0 Å². The number of hydrogen-bond donors (Lipinski definition) is 1. The Morgan fingerprint density at radius 1 is 1.14 bits per heavy atom. The van der Waals surface area contributed by atoms with Gasteiger partial charge in [-0.1, -0.05) is 56.8 Å². The first kappa shape index (κ1) is 35.3. The lowest BCUT2D eigenvalue weighted by atomic mass is 9.73. The Labute approximate surface area is 292 Å². The fourth-order valence-electron chi connectivity index (χ4n) is 6.67. The van der Waals surface area contributed by atoms with Crippen LogP contribution >= 0.6 is 0 Å². The lowest BCUT2D eigenvalue weighted by molar-refractivity contribution is -0.119.